The zero-order valence-corrected chi connectivity index (χ0v) is 10.8. The number of terminal acetylenes is 4. The molecule has 0 unspecified atom stereocenters. The van der Waals surface area contributed by atoms with E-state index >= 15 is 0 Å². The van der Waals surface area contributed by atoms with Crippen molar-refractivity contribution < 1.29 is 0 Å². The highest BCUT2D eigenvalue weighted by Gasteiger charge is 2.12. The molecule has 0 atom stereocenters. The zero-order chi connectivity index (χ0) is 14.5. The maximum atomic E-state index is 5.59. The van der Waals surface area contributed by atoms with E-state index in [1.54, 1.807) is 12.1 Å². The van der Waals surface area contributed by atoms with Gasteiger partial charge in [-0.2, -0.15) is 0 Å². The minimum atomic E-state index is 0.653. The van der Waals surface area contributed by atoms with Crippen molar-refractivity contribution in [1.82, 2.24) is 0 Å². The highest BCUT2D eigenvalue weighted by molar-refractivity contribution is 5.80. The lowest BCUT2D eigenvalue weighted by Gasteiger charge is -2.11. The van der Waals surface area contributed by atoms with Gasteiger partial charge in [-0.15, -0.1) is 25.7 Å². The van der Waals surface area contributed by atoms with Gasteiger partial charge >= 0.3 is 0 Å². The SMILES string of the molecule is C#Cc1cccc(-c2cccc(C#C)c2C#C)c1C#C. The Balaban J connectivity index is 2.86. The van der Waals surface area contributed by atoms with E-state index in [-0.39, 0.29) is 0 Å². The molecule has 0 fully saturated rings. The van der Waals surface area contributed by atoms with Gasteiger partial charge in [-0.1, -0.05) is 47.9 Å². The average Bonchev–Trinajstić information content (AvgIpc) is 2.52. The lowest BCUT2D eigenvalue weighted by Crippen LogP contribution is -1.94. The molecule has 0 aliphatic rings. The van der Waals surface area contributed by atoms with Crippen molar-refractivity contribution in [3.63, 3.8) is 0 Å². The molecule has 0 bridgehead atoms. The van der Waals surface area contributed by atoms with Crippen LogP contribution in [0.5, 0.6) is 0 Å². The van der Waals surface area contributed by atoms with Gasteiger partial charge < -0.3 is 0 Å². The topological polar surface area (TPSA) is 0 Å². The quantitative estimate of drug-likeness (QED) is 0.681. The maximum absolute atomic E-state index is 5.59. The normalized spacial score (nSPS) is 8.80. The van der Waals surface area contributed by atoms with Crippen LogP contribution >= 0.6 is 0 Å². The molecule has 0 nitrogen and oxygen atoms in total. The van der Waals surface area contributed by atoms with Crippen molar-refractivity contribution in [2.24, 2.45) is 0 Å². The maximum Gasteiger partial charge on any atom is 0.0477 e. The number of benzene rings is 2. The van der Waals surface area contributed by atoms with Crippen LogP contribution in [-0.2, 0) is 0 Å². The van der Waals surface area contributed by atoms with Gasteiger partial charge in [0.05, 0.1) is 0 Å². The third-order valence-corrected chi connectivity index (χ3v) is 3.02. The smallest absolute Gasteiger partial charge is 0.0477 e. The number of hydrogen-bond acceptors (Lipinski definition) is 0. The second kappa shape index (κ2) is 5.55. The average molecular weight is 250 g/mol. The molecule has 0 heteroatoms. The van der Waals surface area contributed by atoms with E-state index < -0.39 is 0 Å². The lowest BCUT2D eigenvalue weighted by molar-refractivity contribution is 1.52. The van der Waals surface area contributed by atoms with Crippen LogP contribution in [0.3, 0.4) is 0 Å². The van der Waals surface area contributed by atoms with Crippen LogP contribution < -0.4 is 0 Å². The Morgan fingerprint density at radius 1 is 0.550 bits per heavy atom. The van der Waals surface area contributed by atoms with Crippen molar-refractivity contribution in [2.45, 2.75) is 0 Å². The van der Waals surface area contributed by atoms with Gasteiger partial charge in [0.2, 0.25) is 0 Å². The summed E-state index contributed by atoms with van der Waals surface area (Å²) in [6, 6.07) is 11.1. The minimum Gasteiger partial charge on any atom is -0.115 e. The van der Waals surface area contributed by atoms with E-state index in [0.717, 1.165) is 11.1 Å². The third-order valence-electron chi connectivity index (χ3n) is 3.02. The molecule has 0 spiro atoms. The Hall–Kier alpha value is -3.32. The van der Waals surface area contributed by atoms with Gasteiger partial charge in [0, 0.05) is 22.3 Å². The van der Waals surface area contributed by atoms with Crippen LogP contribution in [0.25, 0.3) is 11.1 Å². The molecule has 0 aliphatic carbocycles. The summed E-state index contributed by atoms with van der Waals surface area (Å²) in [5, 5.41) is 0. The van der Waals surface area contributed by atoms with E-state index in [1.807, 2.05) is 24.3 Å². The summed E-state index contributed by atoms with van der Waals surface area (Å²) in [4.78, 5) is 0. The third kappa shape index (κ3) is 2.04. The molecule has 2 aromatic carbocycles. The van der Waals surface area contributed by atoms with Gasteiger partial charge in [0.25, 0.3) is 0 Å². The fourth-order valence-electron chi connectivity index (χ4n) is 2.11. The first kappa shape index (κ1) is 13.1. The minimum absolute atomic E-state index is 0.653. The summed E-state index contributed by atoms with van der Waals surface area (Å²) < 4.78 is 0. The molecule has 90 valence electrons. The van der Waals surface area contributed by atoms with E-state index in [0.29, 0.717) is 22.3 Å². The molecular formula is C20H10. The molecule has 20 heavy (non-hydrogen) atoms. The van der Waals surface area contributed by atoms with Gasteiger partial charge in [-0.25, -0.2) is 0 Å². The first-order chi connectivity index (χ1) is 9.76. The van der Waals surface area contributed by atoms with Gasteiger partial charge in [0.1, 0.15) is 0 Å². The molecule has 0 radical (unpaired) electrons. The Labute approximate surface area is 119 Å². The molecule has 0 saturated carbocycles. The van der Waals surface area contributed by atoms with Crippen molar-refractivity contribution in [2.75, 3.05) is 0 Å². The lowest BCUT2D eigenvalue weighted by atomic mass is 9.91. The van der Waals surface area contributed by atoms with Crippen LogP contribution in [0.15, 0.2) is 36.4 Å². The summed E-state index contributed by atoms with van der Waals surface area (Å²) >= 11 is 0. The van der Waals surface area contributed by atoms with Crippen LogP contribution in [0.2, 0.25) is 0 Å². The van der Waals surface area contributed by atoms with Gasteiger partial charge in [0.15, 0.2) is 0 Å². The van der Waals surface area contributed by atoms with Crippen LogP contribution in [-0.4, -0.2) is 0 Å². The molecule has 0 aromatic heterocycles. The standard InChI is InChI=1S/C20H10/c1-5-15-11-9-13-19(17(15)7-3)20-14-10-12-16(6-2)18(20)8-4/h1-4,9-14H. The van der Waals surface area contributed by atoms with Crippen LogP contribution in [0.1, 0.15) is 22.3 Å². The Kier molecular flexibility index (Phi) is 3.64. The fourth-order valence-corrected chi connectivity index (χ4v) is 2.11. The van der Waals surface area contributed by atoms with Crippen molar-refractivity contribution in [3.05, 3.63) is 58.7 Å². The van der Waals surface area contributed by atoms with E-state index in [4.69, 9.17) is 25.7 Å². The molecule has 2 rings (SSSR count). The highest BCUT2D eigenvalue weighted by Crippen LogP contribution is 2.29. The summed E-state index contributed by atoms with van der Waals surface area (Å²) in [6.07, 6.45) is 22.1. The number of rotatable bonds is 1. The monoisotopic (exact) mass is 250 g/mol. The molecule has 0 saturated heterocycles. The first-order valence-electron chi connectivity index (χ1n) is 5.89. The summed E-state index contributed by atoms with van der Waals surface area (Å²) in [7, 11) is 0. The molecule has 2 aromatic rings. The van der Waals surface area contributed by atoms with Crippen molar-refractivity contribution >= 4 is 0 Å². The predicted molar refractivity (Wildman–Crippen MR) is 83.6 cm³/mol. The summed E-state index contributed by atoms with van der Waals surface area (Å²) in [6.45, 7) is 0. The second-order valence-corrected chi connectivity index (χ2v) is 4.03. The molecular weight excluding hydrogens is 240 g/mol. The van der Waals surface area contributed by atoms with E-state index in [1.165, 1.54) is 0 Å². The molecule has 0 aliphatic heterocycles. The molecule has 0 amide bonds. The predicted octanol–water partition coefficient (Wildman–Crippen LogP) is 3.28. The second-order valence-electron chi connectivity index (χ2n) is 4.03. The van der Waals surface area contributed by atoms with E-state index in [2.05, 4.69) is 23.7 Å². The first-order valence-corrected chi connectivity index (χ1v) is 5.89. The van der Waals surface area contributed by atoms with Crippen molar-refractivity contribution in [1.29, 1.82) is 0 Å². The zero-order valence-electron chi connectivity index (χ0n) is 10.8. The Morgan fingerprint density at radius 2 is 0.950 bits per heavy atom. The highest BCUT2D eigenvalue weighted by atomic mass is 14.1. The Morgan fingerprint density at radius 3 is 1.25 bits per heavy atom. The largest absolute Gasteiger partial charge is 0.115 e. The van der Waals surface area contributed by atoms with Crippen LogP contribution in [0.4, 0.5) is 0 Å². The Bertz CT molecular complexity index is 764. The van der Waals surface area contributed by atoms with Gasteiger partial charge in [-0.05, 0) is 23.3 Å². The van der Waals surface area contributed by atoms with Gasteiger partial charge in [-0.3, -0.25) is 0 Å². The molecule has 0 heterocycles. The summed E-state index contributed by atoms with van der Waals surface area (Å²) in [5.41, 5.74) is 4.29. The molecule has 0 N–H and O–H groups in total. The number of hydrogen-bond donors (Lipinski definition) is 0. The fraction of sp³-hybridized carbons (Fsp3) is 0. The van der Waals surface area contributed by atoms with E-state index in [9.17, 15) is 0 Å². The van der Waals surface area contributed by atoms with Crippen molar-refractivity contribution in [3.8, 4) is 60.5 Å². The van der Waals surface area contributed by atoms with Crippen LogP contribution in [0, 0.1) is 49.4 Å². The summed E-state index contributed by atoms with van der Waals surface area (Å²) in [5.74, 6) is 10.5.